The number of aromatic nitrogens is 2. The van der Waals surface area contributed by atoms with Crippen LogP contribution in [0.2, 0.25) is 0 Å². The second kappa shape index (κ2) is 20.0. The molecule has 0 bridgehead atoms. The summed E-state index contributed by atoms with van der Waals surface area (Å²) < 4.78 is 2.47. The maximum atomic E-state index is 5.61. The van der Waals surface area contributed by atoms with Gasteiger partial charge in [-0.2, -0.15) is 0 Å². The van der Waals surface area contributed by atoms with Gasteiger partial charge in [0.1, 0.15) is 5.82 Å². The van der Waals surface area contributed by atoms with E-state index in [1.807, 2.05) is 0 Å². The average molecular weight is 1120 g/mol. The molecule has 0 saturated heterocycles. The predicted molar refractivity (Wildman–Crippen MR) is 369 cm³/mol. The molecule has 4 aliphatic heterocycles. The fraction of sp³-hybridized carbons (Fsp3) is 0. The number of nitrogens with zero attached hydrogens (tertiary/aromatic N) is 7. The van der Waals surface area contributed by atoms with Crippen LogP contribution in [-0.2, 0) is 0 Å². The summed E-state index contributed by atoms with van der Waals surface area (Å²) in [6.07, 6.45) is 0. The van der Waals surface area contributed by atoms with Gasteiger partial charge in [0.05, 0.1) is 22.4 Å². The highest BCUT2D eigenvalue weighted by Crippen LogP contribution is 2.51. The van der Waals surface area contributed by atoms with Crippen molar-refractivity contribution in [3.8, 4) is 17.1 Å². The van der Waals surface area contributed by atoms with Crippen molar-refractivity contribution in [2.45, 2.75) is 0 Å². The van der Waals surface area contributed by atoms with Crippen LogP contribution in [0.5, 0.6) is 0 Å². The van der Waals surface area contributed by atoms with Gasteiger partial charge in [0.15, 0.2) is 0 Å². The first-order valence-electron chi connectivity index (χ1n) is 30.3. The lowest BCUT2D eigenvalue weighted by Gasteiger charge is -2.47. The minimum absolute atomic E-state index is 0.161. The molecule has 1 aromatic heterocycles. The van der Waals surface area contributed by atoms with Crippen LogP contribution in [0, 0.1) is 0 Å². The van der Waals surface area contributed by atoms with E-state index in [0.717, 1.165) is 113 Å². The summed E-state index contributed by atoms with van der Waals surface area (Å²) in [6, 6.07) is 118. The SMILES string of the molecule is c1ccc(-c2nc3cccc4c3n2-c2cc(N(c3ccccc3)c3ccccc3)cc3c2B4c2cc4c(cc2N3c2ccccc2)N(c2ccccc2)c2cc(N(c3ccccc3)c3ccccc3)cc3c2B4c2ccccc2N3c2ccccc2)cc1. The third kappa shape index (κ3) is 7.63. The van der Waals surface area contributed by atoms with Gasteiger partial charge in [-0.3, -0.25) is 4.57 Å². The Hall–Kier alpha value is -11.5. The summed E-state index contributed by atoms with van der Waals surface area (Å²) in [7, 11) is 0. The first-order chi connectivity index (χ1) is 43.7. The van der Waals surface area contributed by atoms with Gasteiger partial charge >= 0.3 is 0 Å². The first kappa shape index (κ1) is 49.8. The van der Waals surface area contributed by atoms with Crippen LogP contribution in [-0.4, -0.2) is 23.0 Å². The molecule has 14 aromatic rings. The molecule has 4 aliphatic rings. The van der Waals surface area contributed by atoms with Crippen molar-refractivity contribution < 1.29 is 0 Å². The van der Waals surface area contributed by atoms with E-state index in [-0.39, 0.29) is 13.4 Å². The normalized spacial score (nSPS) is 12.9. The molecule has 0 unspecified atom stereocenters. The third-order valence-electron chi connectivity index (χ3n) is 18.2. The highest BCUT2D eigenvalue weighted by atomic mass is 15.2. The Kier molecular flexibility index (Phi) is 11.4. The zero-order chi connectivity index (χ0) is 57.8. The molecule has 0 N–H and O–H groups in total. The van der Waals surface area contributed by atoms with Gasteiger partial charge in [-0.1, -0.05) is 194 Å². The van der Waals surface area contributed by atoms with Gasteiger partial charge in [0, 0.05) is 85.2 Å². The number of rotatable bonds is 10. The maximum Gasteiger partial charge on any atom is 0.252 e. The smallest absolute Gasteiger partial charge is 0.252 e. The number of fused-ring (bicyclic) bond motifs is 8. The van der Waals surface area contributed by atoms with Crippen molar-refractivity contribution in [1.82, 2.24) is 9.55 Å². The second-order valence-electron chi connectivity index (χ2n) is 23.1. The quantitative estimate of drug-likeness (QED) is 0.127. The zero-order valence-corrected chi connectivity index (χ0v) is 47.9. The number of benzene rings is 13. The number of anilines is 15. The Bertz CT molecular complexity index is 4920. The van der Waals surface area contributed by atoms with Gasteiger partial charge in [-0.05, 0) is 160 Å². The lowest BCUT2D eigenvalue weighted by molar-refractivity contribution is 1.10. The van der Waals surface area contributed by atoms with Gasteiger partial charge < -0.3 is 24.5 Å². The fourth-order valence-electron chi connectivity index (χ4n) is 14.7. The lowest BCUT2D eigenvalue weighted by Crippen LogP contribution is -2.65. The van der Waals surface area contributed by atoms with Crippen molar-refractivity contribution in [2.75, 3.05) is 24.5 Å². The molecule has 0 atom stereocenters. The number of para-hydroxylation sites is 9. The van der Waals surface area contributed by atoms with E-state index in [2.05, 4.69) is 351 Å². The minimum Gasteiger partial charge on any atom is -0.311 e. The summed E-state index contributed by atoms with van der Waals surface area (Å²) in [5.74, 6) is 0.913. The summed E-state index contributed by atoms with van der Waals surface area (Å²) in [5, 5.41) is 0. The molecule has 9 heteroatoms. The first-order valence-corrected chi connectivity index (χ1v) is 30.3. The molecule has 0 spiro atoms. The van der Waals surface area contributed by atoms with Crippen LogP contribution in [0.1, 0.15) is 0 Å². The molecule has 88 heavy (non-hydrogen) atoms. The van der Waals surface area contributed by atoms with Gasteiger partial charge in [0.25, 0.3) is 13.4 Å². The van der Waals surface area contributed by atoms with Crippen LogP contribution in [0.25, 0.3) is 28.1 Å². The van der Waals surface area contributed by atoms with Crippen molar-refractivity contribution in [1.29, 1.82) is 0 Å². The molecule has 0 amide bonds. The minimum atomic E-state index is -0.184. The molecule has 0 aliphatic carbocycles. The van der Waals surface area contributed by atoms with Crippen LogP contribution in [0.3, 0.4) is 0 Å². The molecule has 0 radical (unpaired) electrons. The molecular formula is C79H53B2N7. The van der Waals surface area contributed by atoms with Crippen LogP contribution in [0.15, 0.2) is 322 Å². The third-order valence-corrected chi connectivity index (χ3v) is 18.2. The lowest BCUT2D eigenvalue weighted by atomic mass is 9.30. The van der Waals surface area contributed by atoms with E-state index in [1.54, 1.807) is 0 Å². The van der Waals surface area contributed by atoms with E-state index in [9.17, 15) is 0 Å². The van der Waals surface area contributed by atoms with Crippen LogP contribution < -0.4 is 57.3 Å². The highest BCUT2D eigenvalue weighted by molar-refractivity contribution is 7.03. The topological polar surface area (TPSA) is 34.0 Å². The Labute approximate surface area is 512 Å². The van der Waals surface area contributed by atoms with Crippen molar-refractivity contribution in [3.63, 3.8) is 0 Å². The molecule has 7 nitrogen and oxygen atoms in total. The molecular weight excluding hydrogens is 1070 g/mol. The summed E-state index contributed by atoms with van der Waals surface area (Å²) in [5.41, 5.74) is 28.1. The average Bonchev–Trinajstić information content (AvgIpc) is 1.60. The largest absolute Gasteiger partial charge is 0.311 e. The molecule has 18 rings (SSSR count). The van der Waals surface area contributed by atoms with Crippen LogP contribution in [0.4, 0.5) is 85.3 Å². The van der Waals surface area contributed by atoms with Crippen molar-refractivity contribution >= 4 is 143 Å². The molecule has 410 valence electrons. The van der Waals surface area contributed by atoms with Gasteiger partial charge in [-0.25, -0.2) is 4.98 Å². The highest BCUT2D eigenvalue weighted by Gasteiger charge is 2.48. The zero-order valence-electron chi connectivity index (χ0n) is 47.9. The Morgan fingerprint density at radius 3 is 1.09 bits per heavy atom. The summed E-state index contributed by atoms with van der Waals surface area (Å²) >= 11 is 0. The van der Waals surface area contributed by atoms with Gasteiger partial charge in [0.2, 0.25) is 0 Å². The van der Waals surface area contributed by atoms with E-state index in [1.165, 1.54) is 32.8 Å². The molecule has 13 aromatic carbocycles. The summed E-state index contributed by atoms with van der Waals surface area (Å²) in [4.78, 5) is 18.1. The number of hydrogen-bond acceptors (Lipinski definition) is 6. The van der Waals surface area contributed by atoms with Crippen molar-refractivity contribution in [2.24, 2.45) is 0 Å². The molecule has 0 saturated carbocycles. The fourth-order valence-corrected chi connectivity index (χ4v) is 14.7. The standard InChI is InChI=1S/C79H53B2N7/c1-9-28-54(29-10-1)79-82-68-46-27-45-65-78(68)88(79)75-51-63(84(57-34-15-4-16-35-57)58-36-17-5-18-37-58)50-74-77(75)81(65)67-52-66-70(53-71(67)87(74)61-42-23-8-24-43-61)86(60-40-21-7-22-41-60)73-49-62(83(55-30-11-2-12-31-55)56-32-13-3-14-33-56)48-72-76(73)80(66)64-44-25-26-47-69(64)85(72)59-38-19-6-20-39-59/h1-53H. The van der Waals surface area contributed by atoms with Crippen molar-refractivity contribution in [3.05, 3.63) is 322 Å². The predicted octanol–water partition coefficient (Wildman–Crippen LogP) is 16.3. The van der Waals surface area contributed by atoms with Gasteiger partial charge in [-0.15, -0.1) is 0 Å². The van der Waals surface area contributed by atoms with E-state index >= 15 is 0 Å². The van der Waals surface area contributed by atoms with E-state index in [0.29, 0.717) is 0 Å². The van der Waals surface area contributed by atoms with E-state index in [4.69, 9.17) is 4.98 Å². The Balaban J connectivity index is 0.973. The molecule has 0 fully saturated rings. The van der Waals surface area contributed by atoms with E-state index < -0.39 is 0 Å². The Morgan fingerprint density at radius 1 is 0.261 bits per heavy atom. The summed E-state index contributed by atoms with van der Waals surface area (Å²) in [6.45, 7) is -0.346. The number of imidazole rings is 1. The monoisotopic (exact) mass is 1120 g/mol. The second-order valence-corrected chi connectivity index (χ2v) is 23.1. The van der Waals surface area contributed by atoms with Crippen LogP contribution >= 0.6 is 0 Å². The molecule has 5 heterocycles. The number of hydrogen-bond donors (Lipinski definition) is 0. The maximum absolute atomic E-state index is 5.61. The Morgan fingerprint density at radius 2 is 0.625 bits per heavy atom.